The van der Waals surface area contributed by atoms with Gasteiger partial charge in [0.15, 0.2) is 0 Å². The number of benzene rings is 6. The molecule has 0 radical (unpaired) electrons. The van der Waals surface area contributed by atoms with Crippen LogP contribution in [-0.2, 0) is 23.9 Å². The molecule has 0 saturated heterocycles. The maximum atomic E-state index is 13.1. The van der Waals surface area contributed by atoms with Crippen molar-refractivity contribution < 1.29 is 23.9 Å². The van der Waals surface area contributed by atoms with Crippen LogP contribution in [0.3, 0.4) is 0 Å². The molecule has 0 fully saturated rings. The molecule has 1 amide bonds. The number of hydrogen-bond acceptors (Lipinski definition) is 5. The van der Waals surface area contributed by atoms with Crippen molar-refractivity contribution in [3.05, 3.63) is 182 Å². The topological polar surface area (TPSA) is 81.7 Å². The van der Waals surface area contributed by atoms with Crippen LogP contribution in [0.5, 0.6) is 0 Å². The molecule has 8 heteroatoms. The van der Waals surface area contributed by atoms with E-state index in [1.54, 1.807) is 6.92 Å². The van der Waals surface area contributed by atoms with Gasteiger partial charge in [-0.3, -0.25) is 14.4 Å². The molecule has 0 spiro atoms. The smallest absolute Gasteiger partial charge is 0.305 e. The summed E-state index contributed by atoms with van der Waals surface area (Å²) < 4.78 is 11.4. The summed E-state index contributed by atoms with van der Waals surface area (Å²) in [5.41, 5.74) is -1.21. The minimum Gasteiger partial charge on any atom is -0.464 e. The van der Waals surface area contributed by atoms with E-state index in [4.69, 9.17) is 9.47 Å². The molecule has 6 nitrogen and oxygen atoms in total. The van der Waals surface area contributed by atoms with Crippen LogP contribution in [0.1, 0.15) is 58.3 Å². The Labute approximate surface area is 370 Å². The summed E-state index contributed by atoms with van der Waals surface area (Å²) in [5.74, 6) is -1.06. The van der Waals surface area contributed by atoms with Crippen LogP contribution in [0.2, 0.25) is 0 Å². The monoisotopic (exact) mass is 865 g/mol. The van der Waals surface area contributed by atoms with Gasteiger partial charge in [0.1, 0.15) is 65.0 Å². The molecule has 320 valence electrons. The molecule has 6 aromatic carbocycles. The quantitative estimate of drug-likeness (QED) is 0.0396. The molecule has 1 N–H and O–H groups in total. The van der Waals surface area contributed by atoms with E-state index in [0.29, 0.717) is 12.8 Å². The van der Waals surface area contributed by atoms with Gasteiger partial charge < -0.3 is 14.8 Å². The van der Waals surface area contributed by atoms with E-state index in [2.05, 4.69) is 187 Å². The summed E-state index contributed by atoms with van der Waals surface area (Å²) in [4.78, 5) is 39.2. The lowest BCUT2D eigenvalue weighted by atomic mass is 9.91. The molecule has 0 atom stereocenters. The SMILES string of the molecule is CNC(=O)C(C)(COC(=O)CCCCC[P+](c1ccccc1)(c1ccccc1)c1ccccc1)COC(=O)CCCCC[P+](c1ccccc1)(c1ccccc1)c1ccccc1. The van der Waals surface area contributed by atoms with Crippen molar-refractivity contribution in [2.24, 2.45) is 5.41 Å². The molecule has 6 rings (SSSR count). The van der Waals surface area contributed by atoms with Crippen molar-refractivity contribution >= 4 is 64.2 Å². The lowest BCUT2D eigenvalue weighted by Crippen LogP contribution is -2.44. The number of ether oxygens (including phenoxy) is 2. The van der Waals surface area contributed by atoms with Crippen LogP contribution in [0, 0.1) is 5.41 Å². The minimum absolute atomic E-state index is 0.173. The average molecular weight is 866 g/mol. The molecule has 0 aliphatic carbocycles. The second-order valence-electron chi connectivity index (χ2n) is 16.2. The highest BCUT2D eigenvalue weighted by Crippen LogP contribution is 2.57. The second-order valence-corrected chi connectivity index (χ2v) is 23.4. The molecular weight excluding hydrogens is 805 g/mol. The average Bonchev–Trinajstić information content (AvgIpc) is 3.34. The van der Waals surface area contributed by atoms with E-state index < -0.39 is 19.9 Å². The maximum absolute atomic E-state index is 13.1. The number of esters is 2. The van der Waals surface area contributed by atoms with Gasteiger partial charge in [-0.25, -0.2) is 0 Å². The van der Waals surface area contributed by atoms with Crippen LogP contribution in [0.4, 0.5) is 0 Å². The van der Waals surface area contributed by atoms with Crippen molar-refractivity contribution in [1.82, 2.24) is 5.32 Å². The Hall–Kier alpha value is -5.41. The number of unbranched alkanes of at least 4 members (excludes halogenated alkanes) is 4. The first-order valence-corrected chi connectivity index (χ1v) is 25.9. The lowest BCUT2D eigenvalue weighted by Gasteiger charge is -2.28. The zero-order chi connectivity index (χ0) is 43.5. The van der Waals surface area contributed by atoms with E-state index in [1.807, 2.05) is 0 Å². The van der Waals surface area contributed by atoms with Gasteiger partial charge in [0.25, 0.3) is 0 Å². The molecular formula is C54H61NO5P2+2. The Kier molecular flexibility index (Phi) is 17.2. The van der Waals surface area contributed by atoms with Gasteiger partial charge >= 0.3 is 11.9 Å². The fourth-order valence-electron chi connectivity index (χ4n) is 8.45. The number of nitrogens with one attached hydrogen (secondary N) is 1. The van der Waals surface area contributed by atoms with Crippen molar-refractivity contribution in [2.45, 2.75) is 58.3 Å². The van der Waals surface area contributed by atoms with Crippen LogP contribution in [0.25, 0.3) is 0 Å². The first kappa shape index (κ1) is 46.1. The number of amides is 1. The maximum Gasteiger partial charge on any atom is 0.305 e. The van der Waals surface area contributed by atoms with Gasteiger partial charge in [0, 0.05) is 19.9 Å². The van der Waals surface area contributed by atoms with Crippen LogP contribution in [-0.4, -0.2) is 50.4 Å². The fraction of sp³-hybridized carbons (Fsp3) is 0.278. The first-order valence-electron chi connectivity index (χ1n) is 22.0. The predicted molar refractivity (Wildman–Crippen MR) is 261 cm³/mol. The van der Waals surface area contributed by atoms with E-state index in [1.165, 1.54) is 38.9 Å². The summed E-state index contributed by atoms with van der Waals surface area (Å²) in [6.07, 6.45) is 7.43. The highest BCUT2D eigenvalue weighted by Gasteiger charge is 2.46. The largest absolute Gasteiger partial charge is 0.464 e. The highest BCUT2D eigenvalue weighted by atomic mass is 31.2. The molecule has 0 unspecified atom stereocenters. The normalized spacial score (nSPS) is 11.7. The third-order valence-electron chi connectivity index (χ3n) is 11.8. The van der Waals surface area contributed by atoms with E-state index >= 15 is 0 Å². The number of carbonyl (C=O) groups is 3. The van der Waals surface area contributed by atoms with Gasteiger partial charge in [-0.05, 0) is 118 Å². The lowest BCUT2D eigenvalue weighted by molar-refractivity contribution is -0.157. The first-order chi connectivity index (χ1) is 30.3. The zero-order valence-electron chi connectivity index (χ0n) is 36.2. The second kappa shape index (κ2) is 23.2. The van der Waals surface area contributed by atoms with Crippen molar-refractivity contribution in [3.8, 4) is 0 Å². The molecule has 0 aliphatic rings. The molecule has 0 aromatic heterocycles. The third-order valence-corrected chi connectivity index (χ3v) is 20.9. The van der Waals surface area contributed by atoms with Gasteiger partial charge in [-0.1, -0.05) is 109 Å². The summed E-state index contributed by atoms with van der Waals surface area (Å²) in [6.45, 7) is 1.33. The van der Waals surface area contributed by atoms with E-state index in [-0.39, 0.29) is 43.9 Å². The van der Waals surface area contributed by atoms with Crippen molar-refractivity contribution in [3.63, 3.8) is 0 Å². The van der Waals surface area contributed by atoms with Gasteiger partial charge in [-0.15, -0.1) is 0 Å². The zero-order valence-corrected chi connectivity index (χ0v) is 38.0. The van der Waals surface area contributed by atoms with E-state index in [0.717, 1.165) is 38.0 Å². The summed E-state index contributed by atoms with van der Waals surface area (Å²) in [7, 11) is -2.34. The number of carbonyl (C=O) groups excluding carboxylic acids is 3. The highest BCUT2D eigenvalue weighted by molar-refractivity contribution is 7.96. The Morgan fingerprint density at radius 3 is 0.919 bits per heavy atom. The summed E-state index contributed by atoms with van der Waals surface area (Å²) in [5, 5.41) is 10.7. The van der Waals surface area contributed by atoms with Crippen LogP contribution in [0.15, 0.2) is 182 Å². The van der Waals surface area contributed by atoms with Crippen molar-refractivity contribution in [1.29, 1.82) is 0 Å². The molecule has 0 saturated carbocycles. The predicted octanol–water partition coefficient (Wildman–Crippen LogP) is 8.93. The third kappa shape index (κ3) is 11.5. The van der Waals surface area contributed by atoms with E-state index in [9.17, 15) is 14.4 Å². The Morgan fingerprint density at radius 1 is 0.419 bits per heavy atom. The Morgan fingerprint density at radius 2 is 0.677 bits per heavy atom. The fourth-order valence-corrected chi connectivity index (χ4v) is 17.3. The summed E-state index contributed by atoms with van der Waals surface area (Å²) >= 11 is 0. The Balaban J connectivity index is 0.981. The molecule has 0 bridgehead atoms. The van der Waals surface area contributed by atoms with Crippen LogP contribution < -0.4 is 37.1 Å². The summed E-state index contributed by atoms with van der Waals surface area (Å²) in [6, 6.07) is 64.9. The minimum atomic E-state index is -1.94. The van der Waals surface area contributed by atoms with Crippen molar-refractivity contribution in [2.75, 3.05) is 32.6 Å². The number of hydrogen-bond donors (Lipinski definition) is 1. The molecule has 0 aliphatic heterocycles. The van der Waals surface area contributed by atoms with Gasteiger partial charge in [-0.2, -0.15) is 0 Å². The molecule has 62 heavy (non-hydrogen) atoms. The molecule has 0 heterocycles. The van der Waals surface area contributed by atoms with Gasteiger partial charge in [0.2, 0.25) is 5.91 Å². The number of rotatable bonds is 23. The van der Waals surface area contributed by atoms with Gasteiger partial charge in [0.05, 0.1) is 12.3 Å². The van der Waals surface area contributed by atoms with Crippen LogP contribution >= 0.6 is 14.5 Å². The standard InChI is InChI=1S/C54H60NO5P2/c1-54(53(58)55-2,43-59-51(56)39-23-9-25-41-61(45-27-11-3-12-28-45,46-29-13-4-14-30-46)47-31-15-5-16-32-47)44-60-52(57)40-24-10-26-42-62(48-33-17-6-18-34-48,49-35-19-7-20-36-49)50-37-21-8-22-38-50/h3-8,11-22,27-38H,9-10,23-26,39-44H2,1-2H3/q+1/p+1. The Bertz CT molecular complexity index is 1910. The molecule has 6 aromatic rings.